The van der Waals surface area contributed by atoms with Gasteiger partial charge in [-0.15, -0.1) is 0 Å². The van der Waals surface area contributed by atoms with Gasteiger partial charge in [0.05, 0.1) is 5.92 Å². The minimum absolute atomic E-state index is 0.189. The van der Waals surface area contributed by atoms with E-state index in [9.17, 15) is 4.79 Å². The van der Waals surface area contributed by atoms with Gasteiger partial charge in [0.15, 0.2) is 0 Å². The van der Waals surface area contributed by atoms with E-state index in [2.05, 4.69) is 19.1 Å². The quantitative estimate of drug-likeness (QED) is 0.794. The number of rotatable bonds is 6. The molecular formula is C14H20O2. The smallest absolute Gasteiger partial charge is 0.306 e. The van der Waals surface area contributed by atoms with E-state index in [-0.39, 0.29) is 5.92 Å². The van der Waals surface area contributed by atoms with Gasteiger partial charge in [0.1, 0.15) is 0 Å². The van der Waals surface area contributed by atoms with Crippen LogP contribution in [-0.4, -0.2) is 11.1 Å². The van der Waals surface area contributed by atoms with Crippen LogP contribution in [0, 0.1) is 5.92 Å². The predicted molar refractivity (Wildman–Crippen MR) is 65.5 cm³/mol. The molecule has 2 nitrogen and oxygen atoms in total. The fourth-order valence-corrected chi connectivity index (χ4v) is 1.90. The molecule has 1 N–H and O–H groups in total. The lowest BCUT2D eigenvalue weighted by Gasteiger charge is -2.14. The zero-order valence-corrected chi connectivity index (χ0v) is 10.0. The zero-order valence-electron chi connectivity index (χ0n) is 10.0. The van der Waals surface area contributed by atoms with Crippen LogP contribution >= 0.6 is 0 Å². The summed E-state index contributed by atoms with van der Waals surface area (Å²) in [7, 11) is 0. The van der Waals surface area contributed by atoms with E-state index in [1.165, 1.54) is 5.56 Å². The third kappa shape index (κ3) is 3.69. The average molecular weight is 220 g/mol. The molecule has 0 heterocycles. The Bertz CT molecular complexity index is 319. The second-order valence-electron chi connectivity index (χ2n) is 4.33. The molecule has 0 aliphatic rings. The van der Waals surface area contributed by atoms with Crippen LogP contribution in [0.2, 0.25) is 0 Å². The van der Waals surface area contributed by atoms with Crippen LogP contribution in [0.15, 0.2) is 30.3 Å². The summed E-state index contributed by atoms with van der Waals surface area (Å²) in [6.07, 6.45) is 2.42. The largest absolute Gasteiger partial charge is 0.481 e. The summed E-state index contributed by atoms with van der Waals surface area (Å²) in [6.45, 7) is 4.09. The Morgan fingerprint density at radius 2 is 1.88 bits per heavy atom. The molecule has 0 saturated carbocycles. The molecule has 0 aliphatic heterocycles. The second kappa shape index (κ2) is 6.31. The molecule has 0 fully saturated rings. The number of hydrogen-bond donors (Lipinski definition) is 1. The van der Waals surface area contributed by atoms with Gasteiger partial charge in [-0.25, -0.2) is 0 Å². The van der Waals surface area contributed by atoms with Crippen LogP contribution in [0.5, 0.6) is 0 Å². The van der Waals surface area contributed by atoms with Crippen LogP contribution in [0.25, 0.3) is 0 Å². The Labute approximate surface area is 97.3 Å². The zero-order chi connectivity index (χ0) is 12.0. The molecule has 0 aromatic heterocycles. The monoisotopic (exact) mass is 220 g/mol. The number of aliphatic carboxylic acids is 1. The molecule has 2 heteroatoms. The lowest BCUT2D eigenvalue weighted by molar-refractivity contribution is -0.142. The van der Waals surface area contributed by atoms with Gasteiger partial charge < -0.3 is 5.11 Å². The summed E-state index contributed by atoms with van der Waals surface area (Å²) < 4.78 is 0. The van der Waals surface area contributed by atoms with Crippen molar-refractivity contribution in [3.05, 3.63) is 35.9 Å². The number of hydrogen-bond acceptors (Lipinski definition) is 1. The Morgan fingerprint density at radius 3 is 2.38 bits per heavy atom. The first-order valence-corrected chi connectivity index (χ1v) is 5.92. The highest BCUT2D eigenvalue weighted by Crippen LogP contribution is 2.23. The van der Waals surface area contributed by atoms with Crippen LogP contribution in [0.3, 0.4) is 0 Å². The molecule has 0 saturated heterocycles. The minimum Gasteiger partial charge on any atom is -0.481 e. The third-order valence-electron chi connectivity index (χ3n) is 3.16. The van der Waals surface area contributed by atoms with E-state index in [4.69, 9.17) is 5.11 Å². The topological polar surface area (TPSA) is 37.3 Å². The molecular weight excluding hydrogens is 200 g/mol. The summed E-state index contributed by atoms with van der Waals surface area (Å²) in [6, 6.07) is 10.3. The molecule has 2 atom stereocenters. The van der Waals surface area contributed by atoms with Crippen LogP contribution in [0.4, 0.5) is 0 Å². The molecule has 0 bridgehead atoms. The predicted octanol–water partition coefficient (Wildman–Crippen LogP) is 3.68. The molecule has 0 aliphatic carbocycles. The van der Waals surface area contributed by atoms with Gasteiger partial charge in [0.2, 0.25) is 0 Å². The maximum atomic E-state index is 10.9. The highest BCUT2D eigenvalue weighted by atomic mass is 16.4. The second-order valence-corrected chi connectivity index (χ2v) is 4.33. The lowest BCUT2D eigenvalue weighted by Crippen LogP contribution is -2.13. The molecule has 1 aromatic carbocycles. The van der Waals surface area contributed by atoms with Crippen molar-refractivity contribution in [1.29, 1.82) is 0 Å². The third-order valence-corrected chi connectivity index (χ3v) is 3.16. The van der Waals surface area contributed by atoms with Gasteiger partial charge in [0.25, 0.3) is 0 Å². The first-order chi connectivity index (χ1) is 7.65. The normalized spacial score (nSPS) is 14.4. The molecule has 16 heavy (non-hydrogen) atoms. The van der Waals surface area contributed by atoms with E-state index in [0.717, 1.165) is 19.3 Å². The molecule has 1 rings (SSSR count). The Kier molecular flexibility index (Phi) is 5.03. The highest BCUT2D eigenvalue weighted by Gasteiger charge is 2.16. The standard InChI is InChI=1S/C14H20O2/c1-3-12(14(15)16)10-9-11(2)13-7-5-4-6-8-13/h4-8,11-12H,3,9-10H2,1-2H3,(H,15,16). The van der Waals surface area contributed by atoms with E-state index in [0.29, 0.717) is 5.92 Å². The average Bonchev–Trinajstić information content (AvgIpc) is 2.30. The van der Waals surface area contributed by atoms with Crippen molar-refractivity contribution < 1.29 is 9.90 Å². The molecule has 2 unspecified atom stereocenters. The summed E-state index contributed by atoms with van der Waals surface area (Å²) in [5, 5.41) is 8.96. The number of benzene rings is 1. The number of carboxylic acids is 1. The van der Waals surface area contributed by atoms with Gasteiger partial charge in [0, 0.05) is 0 Å². The van der Waals surface area contributed by atoms with Crippen LogP contribution in [-0.2, 0) is 4.79 Å². The molecule has 0 radical (unpaired) electrons. The minimum atomic E-state index is -0.664. The summed E-state index contributed by atoms with van der Waals surface area (Å²) >= 11 is 0. The van der Waals surface area contributed by atoms with E-state index < -0.39 is 5.97 Å². The Hall–Kier alpha value is -1.31. The van der Waals surface area contributed by atoms with E-state index >= 15 is 0 Å². The number of carboxylic acid groups (broad SMARTS) is 1. The molecule has 0 spiro atoms. The fraction of sp³-hybridized carbons (Fsp3) is 0.500. The van der Waals surface area contributed by atoms with Gasteiger partial charge in [-0.05, 0) is 30.7 Å². The Balaban J connectivity index is 2.46. The maximum absolute atomic E-state index is 10.9. The van der Waals surface area contributed by atoms with Crippen LogP contribution in [0.1, 0.15) is 44.6 Å². The van der Waals surface area contributed by atoms with Crippen LogP contribution < -0.4 is 0 Å². The van der Waals surface area contributed by atoms with Gasteiger partial charge >= 0.3 is 5.97 Å². The first kappa shape index (κ1) is 12.8. The van der Waals surface area contributed by atoms with Crippen molar-refractivity contribution in [2.45, 2.75) is 39.0 Å². The fourth-order valence-electron chi connectivity index (χ4n) is 1.90. The SMILES string of the molecule is CCC(CCC(C)c1ccccc1)C(=O)O. The summed E-state index contributed by atoms with van der Waals surface area (Å²) in [5.41, 5.74) is 1.29. The maximum Gasteiger partial charge on any atom is 0.306 e. The molecule has 88 valence electrons. The van der Waals surface area contributed by atoms with Gasteiger partial charge in [-0.1, -0.05) is 44.2 Å². The van der Waals surface area contributed by atoms with E-state index in [1.54, 1.807) is 0 Å². The lowest BCUT2D eigenvalue weighted by atomic mass is 9.91. The highest BCUT2D eigenvalue weighted by molar-refractivity contribution is 5.69. The summed E-state index contributed by atoms with van der Waals surface area (Å²) in [5.74, 6) is -0.413. The van der Waals surface area contributed by atoms with E-state index in [1.807, 2.05) is 25.1 Å². The Morgan fingerprint density at radius 1 is 1.25 bits per heavy atom. The first-order valence-electron chi connectivity index (χ1n) is 5.92. The molecule has 1 aromatic rings. The van der Waals surface area contributed by atoms with Crippen molar-refractivity contribution in [2.75, 3.05) is 0 Å². The summed E-state index contributed by atoms with van der Waals surface area (Å²) in [4.78, 5) is 10.9. The van der Waals surface area contributed by atoms with Gasteiger partial charge in [-0.2, -0.15) is 0 Å². The molecule has 0 amide bonds. The van der Waals surface area contributed by atoms with Crippen molar-refractivity contribution in [3.63, 3.8) is 0 Å². The van der Waals surface area contributed by atoms with Gasteiger partial charge in [-0.3, -0.25) is 4.79 Å². The number of carbonyl (C=O) groups is 1. The van der Waals surface area contributed by atoms with Crippen molar-refractivity contribution >= 4 is 5.97 Å². The van der Waals surface area contributed by atoms with Crippen molar-refractivity contribution in [3.8, 4) is 0 Å². The van der Waals surface area contributed by atoms with Crippen molar-refractivity contribution in [2.24, 2.45) is 5.92 Å². The van der Waals surface area contributed by atoms with Crippen molar-refractivity contribution in [1.82, 2.24) is 0 Å².